The molecule has 1 N–H and O–H groups in total. The van der Waals surface area contributed by atoms with Gasteiger partial charge >= 0.3 is 0 Å². The molecule has 1 amide bonds. The summed E-state index contributed by atoms with van der Waals surface area (Å²) in [5, 5.41) is 2.91. The number of carbonyl (C=O) groups excluding carboxylic acids is 1. The lowest BCUT2D eigenvalue weighted by atomic mass is 10.1. The van der Waals surface area contributed by atoms with Crippen LogP contribution in [0.15, 0.2) is 40.9 Å². The standard InChI is InChI=1S/C16H15BrClNO/c1-10-7-14(8-11(2)15(10)17)19-16(20)13-5-3-12(9-18)4-6-13/h3-8H,9H2,1-2H3,(H,19,20). The summed E-state index contributed by atoms with van der Waals surface area (Å²) in [6.45, 7) is 4.00. The van der Waals surface area contributed by atoms with Crippen molar-refractivity contribution in [1.29, 1.82) is 0 Å². The van der Waals surface area contributed by atoms with Gasteiger partial charge in [-0.25, -0.2) is 0 Å². The number of carbonyl (C=O) groups is 1. The molecule has 0 bridgehead atoms. The molecule has 0 heterocycles. The Balaban J connectivity index is 2.18. The fraction of sp³-hybridized carbons (Fsp3) is 0.188. The van der Waals surface area contributed by atoms with Gasteiger partial charge in [0.15, 0.2) is 0 Å². The molecule has 0 aromatic heterocycles. The van der Waals surface area contributed by atoms with Crippen LogP contribution in [0.3, 0.4) is 0 Å². The predicted octanol–water partition coefficient (Wildman–Crippen LogP) is 5.06. The first-order valence-corrected chi connectivity index (χ1v) is 7.57. The van der Waals surface area contributed by atoms with Crippen molar-refractivity contribution in [3.63, 3.8) is 0 Å². The molecule has 0 fully saturated rings. The second-order valence-corrected chi connectivity index (χ2v) is 5.77. The summed E-state index contributed by atoms with van der Waals surface area (Å²) in [5.41, 5.74) is 4.61. The molecule has 0 atom stereocenters. The molecule has 0 aliphatic rings. The Hall–Kier alpha value is -1.32. The van der Waals surface area contributed by atoms with E-state index in [4.69, 9.17) is 11.6 Å². The van der Waals surface area contributed by atoms with Gasteiger partial charge in [0, 0.05) is 21.6 Å². The van der Waals surface area contributed by atoms with Crippen molar-refractivity contribution in [2.75, 3.05) is 5.32 Å². The highest BCUT2D eigenvalue weighted by atomic mass is 79.9. The van der Waals surface area contributed by atoms with Gasteiger partial charge in [0.1, 0.15) is 0 Å². The first kappa shape index (κ1) is 15.1. The quantitative estimate of drug-likeness (QED) is 0.769. The Morgan fingerprint density at radius 3 is 2.20 bits per heavy atom. The van der Waals surface area contributed by atoms with E-state index < -0.39 is 0 Å². The zero-order valence-electron chi connectivity index (χ0n) is 11.3. The number of alkyl halides is 1. The van der Waals surface area contributed by atoms with Crippen molar-refractivity contribution in [1.82, 2.24) is 0 Å². The minimum absolute atomic E-state index is 0.118. The Morgan fingerprint density at radius 2 is 1.70 bits per heavy atom. The molecule has 0 aliphatic heterocycles. The fourth-order valence-corrected chi connectivity index (χ4v) is 2.37. The maximum atomic E-state index is 12.2. The first-order valence-electron chi connectivity index (χ1n) is 6.24. The molecule has 0 saturated carbocycles. The molecule has 0 unspecified atom stereocenters. The van der Waals surface area contributed by atoms with Gasteiger partial charge in [-0.05, 0) is 54.8 Å². The van der Waals surface area contributed by atoms with Crippen LogP contribution in [0.5, 0.6) is 0 Å². The van der Waals surface area contributed by atoms with E-state index in [1.54, 1.807) is 12.1 Å². The minimum Gasteiger partial charge on any atom is -0.322 e. The lowest BCUT2D eigenvalue weighted by Crippen LogP contribution is -2.12. The highest BCUT2D eigenvalue weighted by molar-refractivity contribution is 9.10. The second-order valence-electron chi connectivity index (χ2n) is 4.71. The van der Waals surface area contributed by atoms with Crippen LogP contribution in [0.1, 0.15) is 27.0 Å². The van der Waals surface area contributed by atoms with E-state index in [0.717, 1.165) is 26.9 Å². The number of amides is 1. The monoisotopic (exact) mass is 351 g/mol. The second kappa shape index (κ2) is 6.42. The molecular weight excluding hydrogens is 338 g/mol. The van der Waals surface area contributed by atoms with Crippen molar-refractivity contribution >= 4 is 39.1 Å². The maximum Gasteiger partial charge on any atom is 0.255 e. The fourth-order valence-electron chi connectivity index (χ4n) is 1.97. The predicted molar refractivity (Wildman–Crippen MR) is 87.6 cm³/mol. The molecule has 2 aromatic rings. The molecule has 0 aliphatic carbocycles. The molecule has 0 radical (unpaired) electrons. The molecule has 20 heavy (non-hydrogen) atoms. The highest BCUT2D eigenvalue weighted by Gasteiger charge is 2.08. The summed E-state index contributed by atoms with van der Waals surface area (Å²) in [6.07, 6.45) is 0. The number of benzene rings is 2. The van der Waals surface area contributed by atoms with Gasteiger partial charge in [-0.2, -0.15) is 0 Å². The third-order valence-electron chi connectivity index (χ3n) is 3.06. The number of anilines is 1. The van der Waals surface area contributed by atoms with Gasteiger partial charge in [-0.15, -0.1) is 11.6 Å². The largest absolute Gasteiger partial charge is 0.322 e. The zero-order valence-corrected chi connectivity index (χ0v) is 13.7. The van der Waals surface area contributed by atoms with Crippen LogP contribution in [-0.2, 0) is 5.88 Å². The SMILES string of the molecule is Cc1cc(NC(=O)c2ccc(CCl)cc2)cc(C)c1Br. The Kier molecular flexibility index (Phi) is 4.84. The van der Waals surface area contributed by atoms with Gasteiger partial charge in [0.2, 0.25) is 0 Å². The molecule has 2 rings (SSSR count). The molecule has 2 nitrogen and oxygen atoms in total. The average molecular weight is 353 g/mol. The van der Waals surface area contributed by atoms with Crippen LogP contribution in [0.2, 0.25) is 0 Å². The molecule has 0 saturated heterocycles. The molecule has 2 aromatic carbocycles. The van der Waals surface area contributed by atoms with Crippen LogP contribution in [0.4, 0.5) is 5.69 Å². The summed E-state index contributed by atoms with van der Waals surface area (Å²) in [7, 11) is 0. The van der Waals surface area contributed by atoms with Gasteiger partial charge in [-0.1, -0.05) is 28.1 Å². The van der Waals surface area contributed by atoms with E-state index in [-0.39, 0.29) is 5.91 Å². The maximum absolute atomic E-state index is 12.2. The number of nitrogens with one attached hydrogen (secondary N) is 1. The highest BCUT2D eigenvalue weighted by Crippen LogP contribution is 2.25. The van der Waals surface area contributed by atoms with Crippen LogP contribution in [0.25, 0.3) is 0 Å². The van der Waals surface area contributed by atoms with E-state index in [1.165, 1.54) is 0 Å². The summed E-state index contributed by atoms with van der Waals surface area (Å²) in [6, 6.07) is 11.2. The lowest BCUT2D eigenvalue weighted by molar-refractivity contribution is 0.102. The van der Waals surface area contributed by atoms with E-state index >= 15 is 0 Å². The van der Waals surface area contributed by atoms with Crippen molar-refractivity contribution in [2.45, 2.75) is 19.7 Å². The van der Waals surface area contributed by atoms with Crippen LogP contribution < -0.4 is 5.32 Å². The Morgan fingerprint density at radius 1 is 1.15 bits per heavy atom. The Bertz CT molecular complexity index is 614. The molecular formula is C16H15BrClNO. The normalized spacial score (nSPS) is 10.4. The van der Waals surface area contributed by atoms with Crippen molar-refractivity contribution in [3.05, 3.63) is 63.1 Å². The van der Waals surface area contributed by atoms with E-state index in [0.29, 0.717) is 11.4 Å². The van der Waals surface area contributed by atoms with E-state index in [1.807, 2.05) is 38.1 Å². The average Bonchev–Trinajstić information content (AvgIpc) is 2.44. The lowest BCUT2D eigenvalue weighted by Gasteiger charge is -2.10. The topological polar surface area (TPSA) is 29.1 Å². The van der Waals surface area contributed by atoms with Gasteiger partial charge in [0.05, 0.1) is 0 Å². The minimum atomic E-state index is -0.118. The van der Waals surface area contributed by atoms with Crippen molar-refractivity contribution < 1.29 is 4.79 Å². The number of aryl methyl sites for hydroxylation is 2. The van der Waals surface area contributed by atoms with E-state index in [2.05, 4.69) is 21.2 Å². The third-order valence-corrected chi connectivity index (χ3v) is 4.62. The molecule has 4 heteroatoms. The smallest absolute Gasteiger partial charge is 0.255 e. The van der Waals surface area contributed by atoms with E-state index in [9.17, 15) is 4.79 Å². The van der Waals surface area contributed by atoms with Crippen LogP contribution >= 0.6 is 27.5 Å². The van der Waals surface area contributed by atoms with Gasteiger partial charge in [-0.3, -0.25) is 4.79 Å². The molecule has 104 valence electrons. The zero-order chi connectivity index (χ0) is 14.7. The number of hydrogen-bond donors (Lipinski definition) is 1. The van der Waals surface area contributed by atoms with Gasteiger partial charge < -0.3 is 5.32 Å². The number of halogens is 2. The van der Waals surface area contributed by atoms with Crippen LogP contribution in [-0.4, -0.2) is 5.91 Å². The van der Waals surface area contributed by atoms with Gasteiger partial charge in [0.25, 0.3) is 5.91 Å². The number of rotatable bonds is 3. The Labute approximate surface area is 132 Å². The molecule has 0 spiro atoms. The summed E-state index contributed by atoms with van der Waals surface area (Å²) < 4.78 is 1.07. The van der Waals surface area contributed by atoms with Crippen molar-refractivity contribution in [2.24, 2.45) is 0 Å². The third kappa shape index (κ3) is 3.41. The van der Waals surface area contributed by atoms with Crippen molar-refractivity contribution in [3.8, 4) is 0 Å². The summed E-state index contributed by atoms with van der Waals surface area (Å²) in [5.74, 6) is 0.333. The summed E-state index contributed by atoms with van der Waals surface area (Å²) >= 11 is 9.25. The summed E-state index contributed by atoms with van der Waals surface area (Å²) in [4.78, 5) is 12.2. The van der Waals surface area contributed by atoms with Crippen LogP contribution in [0, 0.1) is 13.8 Å². The number of hydrogen-bond acceptors (Lipinski definition) is 1. The first-order chi connectivity index (χ1) is 9.51.